The second kappa shape index (κ2) is 8.27. The summed E-state index contributed by atoms with van der Waals surface area (Å²) in [7, 11) is -3.08. The minimum atomic E-state index is -3.08. The van der Waals surface area contributed by atoms with Crippen LogP contribution in [0.2, 0.25) is 0 Å². The molecule has 5 nitrogen and oxygen atoms in total. The lowest BCUT2D eigenvalue weighted by atomic mass is 10.2. The molecule has 0 saturated heterocycles. The molecule has 0 aliphatic carbocycles. The van der Waals surface area contributed by atoms with E-state index in [1.54, 1.807) is 20.8 Å². The summed E-state index contributed by atoms with van der Waals surface area (Å²) < 4.78 is 18.5. The molecule has 118 valence electrons. The topological polar surface area (TPSA) is 81.4 Å². The van der Waals surface area contributed by atoms with Gasteiger partial charge in [0.15, 0.2) is 0 Å². The van der Waals surface area contributed by atoms with Crippen LogP contribution in [0.5, 0.6) is 0 Å². The van der Waals surface area contributed by atoms with Crippen LogP contribution in [0, 0.1) is 3.57 Å². The number of carbonyl (C=O) groups excluding carboxylic acids is 1. The molecule has 0 aromatic heterocycles. The highest BCUT2D eigenvalue weighted by Crippen LogP contribution is 2.32. The maximum Gasteiger partial charge on any atom is 0.323 e. The highest BCUT2D eigenvalue weighted by Gasteiger charge is 2.24. The van der Waals surface area contributed by atoms with E-state index in [0.717, 1.165) is 9.13 Å². The fourth-order valence-electron chi connectivity index (χ4n) is 1.73. The first kappa shape index (κ1) is 18.6. The first-order chi connectivity index (χ1) is 9.69. The lowest BCUT2D eigenvalue weighted by Gasteiger charge is -2.20. The zero-order chi connectivity index (χ0) is 16.0. The molecule has 7 heteroatoms. The van der Waals surface area contributed by atoms with Gasteiger partial charge in [-0.05, 0) is 67.5 Å². The Labute approximate surface area is 139 Å². The molecule has 0 aliphatic heterocycles. The number of carbonyl (C=O) groups is 1. The zero-order valence-electron chi connectivity index (χ0n) is 12.5. The average Bonchev–Trinajstić information content (AvgIpc) is 2.37. The van der Waals surface area contributed by atoms with Crippen LogP contribution in [0.15, 0.2) is 24.3 Å². The van der Waals surface area contributed by atoms with Crippen LogP contribution in [0.25, 0.3) is 0 Å². The molecular formula is C14H22IN2O3P. The van der Waals surface area contributed by atoms with Crippen molar-refractivity contribution in [2.75, 3.05) is 6.16 Å². The number of ether oxygens (including phenoxy) is 1. The van der Waals surface area contributed by atoms with E-state index in [1.165, 1.54) is 0 Å². The Hall–Kier alpha value is -0.430. The summed E-state index contributed by atoms with van der Waals surface area (Å²) in [5.41, 5.74) is 6.87. The maximum atomic E-state index is 12.3. The molecule has 1 rings (SSSR count). The Kier molecular flexibility index (Phi) is 7.33. The van der Waals surface area contributed by atoms with Gasteiger partial charge in [-0.15, -0.1) is 0 Å². The minimum Gasteiger partial charge on any atom is -0.462 e. The van der Waals surface area contributed by atoms with Crippen molar-refractivity contribution in [3.63, 3.8) is 0 Å². The lowest BCUT2D eigenvalue weighted by Crippen LogP contribution is -2.37. The van der Waals surface area contributed by atoms with Gasteiger partial charge in [0.1, 0.15) is 6.04 Å². The molecule has 0 fully saturated rings. The van der Waals surface area contributed by atoms with Gasteiger partial charge in [-0.1, -0.05) is 12.1 Å². The number of halogens is 1. The van der Waals surface area contributed by atoms with Crippen LogP contribution < -0.4 is 10.6 Å². The molecule has 0 amide bonds. The van der Waals surface area contributed by atoms with Gasteiger partial charge >= 0.3 is 5.97 Å². The summed E-state index contributed by atoms with van der Waals surface area (Å²) in [6.45, 7) is 5.14. The summed E-state index contributed by atoms with van der Waals surface area (Å²) >= 11 is 2.23. The number of hydrogen-bond donors (Lipinski definition) is 2. The van der Waals surface area contributed by atoms with Gasteiger partial charge in [-0.25, -0.2) is 5.09 Å². The second-order valence-electron chi connectivity index (χ2n) is 5.23. The lowest BCUT2D eigenvalue weighted by molar-refractivity contribution is -0.148. The van der Waals surface area contributed by atoms with E-state index in [4.69, 9.17) is 10.2 Å². The number of nitrogens with two attached hydrogens (primary N) is 1. The Morgan fingerprint density at radius 1 is 1.33 bits per heavy atom. The first-order valence-electron chi connectivity index (χ1n) is 6.80. The molecule has 1 aromatic rings. The molecule has 0 saturated carbocycles. The smallest absolute Gasteiger partial charge is 0.323 e. The molecular weight excluding hydrogens is 402 g/mol. The minimum absolute atomic E-state index is 0.203. The largest absolute Gasteiger partial charge is 0.462 e. The van der Waals surface area contributed by atoms with Gasteiger partial charge in [-0.3, -0.25) is 14.9 Å². The molecule has 1 unspecified atom stereocenters. The van der Waals surface area contributed by atoms with Crippen molar-refractivity contribution in [2.45, 2.75) is 39.3 Å². The average molecular weight is 424 g/mol. The predicted octanol–water partition coefficient (Wildman–Crippen LogP) is 2.92. The monoisotopic (exact) mass is 424 g/mol. The van der Waals surface area contributed by atoms with E-state index >= 15 is 0 Å². The van der Waals surface area contributed by atoms with Crippen molar-refractivity contribution >= 4 is 36.0 Å². The SMILES string of the molecule is CC(C)OC(=O)[C@H](C)NP(N)(=O)CCc1ccc(I)cc1. The third-order valence-electron chi connectivity index (χ3n) is 2.76. The zero-order valence-corrected chi connectivity index (χ0v) is 15.6. The predicted molar refractivity (Wildman–Crippen MR) is 93.3 cm³/mol. The van der Waals surface area contributed by atoms with Gasteiger partial charge in [0.05, 0.1) is 6.10 Å². The van der Waals surface area contributed by atoms with E-state index in [9.17, 15) is 9.36 Å². The molecule has 0 heterocycles. The van der Waals surface area contributed by atoms with Crippen LogP contribution in [0.4, 0.5) is 0 Å². The van der Waals surface area contributed by atoms with Crippen molar-refractivity contribution in [3.8, 4) is 0 Å². The molecule has 0 bridgehead atoms. The van der Waals surface area contributed by atoms with Crippen LogP contribution >= 0.6 is 30.0 Å². The summed E-state index contributed by atoms with van der Waals surface area (Å²) in [6, 6.07) is 7.28. The Morgan fingerprint density at radius 2 is 1.90 bits per heavy atom. The van der Waals surface area contributed by atoms with E-state index in [1.807, 2.05) is 24.3 Å². The maximum absolute atomic E-state index is 12.3. The van der Waals surface area contributed by atoms with Gasteiger partial charge in [-0.2, -0.15) is 0 Å². The van der Waals surface area contributed by atoms with Crippen molar-refractivity contribution in [1.82, 2.24) is 5.09 Å². The third kappa shape index (κ3) is 7.40. The Bertz CT molecular complexity index is 519. The molecule has 0 spiro atoms. The van der Waals surface area contributed by atoms with E-state index in [-0.39, 0.29) is 6.10 Å². The number of hydrogen-bond acceptors (Lipinski definition) is 3. The molecule has 21 heavy (non-hydrogen) atoms. The van der Waals surface area contributed by atoms with E-state index in [2.05, 4.69) is 27.7 Å². The summed E-state index contributed by atoms with van der Waals surface area (Å²) in [5.74, 6) is -0.440. The molecule has 0 radical (unpaired) electrons. The highest BCUT2D eigenvalue weighted by molar-refractivity contribution is 14.1. The number of benzene rings is 1. The van der Waals surface area contributed by atoms with Crippen LogP contribution in [-0.2, 0) is 20.5 Å². The van der Waals surface area contributed by atoms with Crippen molar-refractivity contribution in [2.24, 2.45) is 5.50 Å². The van der Waals surface area contributed by atoms with Crippen LogP contribution in [0.1, 0.15) is 26.3 Å². The third-order valence-corrected chi connectivity index (χ3v) is 5.20. The van der Waals surface area contributed by atoms with E-state index in [0.29, 0.717) is 12.6 Å². The quantitative estimate of drug-likeness (QED) is 0.400. The first-order valence-corrected chi connectivity index (χ1v) is 9.84. The fraction of sp³-hybridized carbons (Fsp3) is 0.500. The van der Waals surface area contributed by atoms with Crippen molar-refractivity contribution < 1.29 is 14.1 Å². The van der Waals surface area contributed by atoms with Crippen LogP contribution in [-0.4, -0.2) is 24.3 Å². The van der Waals surface area contributed by atoms with Crippen molar-refractivity contribution in [1.29, 1.82) is 0 Å². The molecule has 3 N–H and O–H groups in total. The van der Waals surface area contributed by atoms with Gasteiger partial charge < -0.3 is 4.74 Å². The molecule has 0 aliphatic rings. The fourth-order valence-corrected chi connectivity index (χ4v) is 3.57. The normalized spacial score (nSPS) is 15.5. The van der Waals surface area contributed by atoms with Crippen molar-refractivity contribution in [3.05, 3.63) is 33.4 Å². The van der Waals surface area contributed by atoms with Crippen LogP contribution in [0.3, 0.4) is 0 Å². The van der Waals surface area contributed by atoms with Gasteiger partial charge in [0.25, 0.3) is 0 Å². The summed E-state index contributed by atoms with van der Waals surface area (Å²) in [5, 5.41) is 2.70. The van der Waals surface area contributed by atoms with E-state index < -0.39 is 19.5 Å². The Morgan fingerprint density at radius 3 is 2.43 bits per heavy atom. The number of rotatable bonds is 7. The van der Waals surface area contributed by atoms with Gasteiger partial charge in [0.2, 0.25) is 7.44 Å². The highest BCUT2D eigenvalue weighted by atomic mass is 127. The Balaban J connectivity index is 2.51. The second-order valence-corrected chi connectivity index (χ2v) is 8.77. The number of esters is 1. The molecule has 2 atom stereocenters. The summed E-state index contributed by atoms with van der Waals surface area (Å²) in [4.78, 5) is 11.7. The molecule has 1 aromatic carbocycles. The number of aryl methyl sites for hydroxylation is 1. The number of nitrogens with one attached hydrogen (secondary N) is 1. The van der Waals surface area contributed by atoms with Gasteiger partial charge in [0, 0.05) is 9.73 Å². The standard InChI is InChI=1S/C14H22IN2O3P/c1-10(2)20-14(18)11(3)17-21(16,19)9-8-12-4-6-13(15)7-5-12/h4-7,10-11H,8-9H2,1-3H3,(H3,16,17,19)/t11-,21?/m0/s1. The summed E-state index contributed by atoms with van der Waals surface area (Å²) in [6.07, 6.45) is 0.696.